The summed E-state index contributed by atoms with van der Waals surface area (Å²) in [5, 5.41) is 101. The maximum atomic E-state index is 11.4. The van der Waals surface area contributed by atoms with E-state index in [4.69, 9.17) is 0 Å². The molecule has 4 rings (SSSR count). The fraction of sp³-hybridized carbons (Fsp3) is 0.581. The number of nitrogens with zero attached hydrogens (tertiary/aromatic N) is 3. The maximum absolute atomic E-state index is 11.4. The van der Waals surface area contributed by atoms with Crippen LogP contribution in [0, 0.1) is 13.8 Å². The van der Waals surface area contributed by atoms with Crippen LogP contribution in [0.15, 0.2) is 42.5 Å². The van der Waals surface area contributed by atoms with Gasteiger partial charge in [0.1, 0.15) is 17.2 Å². The van der Waals surface area contributed by atoms with Crippen molar-refractivity contribution < 1.29 is 46.0 Å². The summed E-state index contributed by atoms with van der Waals surface area (Å²) < 4.78 is 0. The van der Waals surface area contributed by atoms with Crippen LogP contribution < -0.4 is 16.0 Å². The third kappa shape index (κ3) is 14.4. The minimum Gasteiger partial charge on any atom is -0.507 e. The quantitative estimate of drug-likeness (QED) is 0.0697. The Morgan fingerprint density at radius 2 is 0.759 bits per heavy atom. The largest absolute Gasteiger partial charge is 0.507 e. The van der Waals surface area contributed by atoms with Gasteiger partial charge in [-0.2, -0.15) is 0 Å². The number of para-hydroxylation sites is 1. The summed E-state index contributed by atoms with van der Waals surface area (Å²) in [5.74, 6) is 0.561. The van der Waals surface area contributed by atoms with Gasteiger partial charge in [-0.1, -0.05) is 53.6 Å². The van der Waals surface area contributed by atoms with Crippen LogP contribution in [-0.4, -0.2) is 158 Å². The molecule has 1 heterocycles. The van der Waals surface area contributed by atoms with Crippen LogP contribution in [0.25, 0.3) is 0 Å². The van der Waals surface area contributed by atoms with Crippen molar-refractivity contribution >= 4 is 0 Å². The number of aliphatic hydroxyl groups is 6. The number of aromatic hydroxyl groups is 3. The molecule has 0 radical (unpaired) electrons. The average Bonchev–Trinajstić information content (AvgIpc) is 3.25. The van der Waals surface area contributed by atoms with Crippen molar-refractivity contribution in [2.45, 2.75) is 84.1 Å². The topological polar surface area (TPSA) is 228 Å². The van der Waals surface area contributed by atoms with Crippen molar-refractivity contribution in [1.82, 2.24) is 30.7 Å². The summed E-state index contributed by atoms with van der Waals surface area (Å²) in [4.78, 5) is 7.02. The number of hydrogen-bond acceptors (Lipinski definition) is 15. The van der Waals surface area contributed by atoms with Gasteiger partial charge in [-0.3, -0.25) is 14.7 Å². The molecule has 12 N–H and O–H groups in total. The second-order valence-corrected chi connectivity index (χ2v) is 15.7. The van der Waals surface area contributed by atoms with Crippen molar-refractivity contribution in [3.05, 3.63) is 87.0 Å². The first kappa shape index (κ1) is 47.3. The van der Waals surface area contributed by atoms with Crippen molar-refractivity contribution in [3.63, 3.8) is 0 Å². The predicted molar refractivity (Wildman–Crippen MR) is 223 cm³/mol. The molecule has 3 aromatic carbocycles. The van der Waals surface area contributed by atoms with Gasteiger partial charge in [-0.15, -0.1) is 0 Å². The van der Waals surface area contributed by atoms with Crippen LogP contribution in [-0.2, 0) is 39.3 Å². The molecule has 15 heteroatoms. The summed E-state index contributed by atoms with van der Waals surface area (Å²) in [6.07, 6.45) is 1.67. The smallest absolute Gasteiger partial charge is 0.124 e. The van der Waals surface area contributed by atoms with E-state index in [0.29, 0.717) is 69.0 Å². The molecule has 0 unspecified atom stereocenters. The molecule has 1 fully saturated rings. The monoisotopic (exact) mass is 813 g/mol. The highest BCUT2D eigenvalue weighted by Gasteiger charge is 2.21. The normalized spacial score (nSPS) is 15.5. The average molecular weight is 813 g/mol. The molecular formula is C43H68N6O9. The first-order valence-corrected chi connectivity index (χ1v) is 20.5. The molecule has 1 saturated heterocycles. The molecule has 324 valence electrons. The third-order valence-electron chi connectivity index (χ3n) is 10.9. The van der Waals surface area contributed by atoms with Gasteiger partial charge in [0.25, 0.3) is 0 Å². The van der Waals surface area contributed by atoms with E-state index in [1.807, 2.05) is 56.3 Å². The Bertz CT molecular complexity index is 1670. The number of aryl methyl sites for hydroxylation is 2. The fourth-order valence-electron chi connectivity index (χ4n) is 7.47. The van der Waals surface area contributed by atoms with E-state index in [0.717, 1.165) is 66.8 Å². The Kier molecular flexibility index (Phi) is 20.1. The first-order chi connectivity index (χ1) is 28.0. The van der Waals surface area contributed by atoms with Gasteiger partial charge >= 0.3 is 0 Å². The third-order valence-corrected chi connectivity index (χ3v) is 10.9. The number of rotatable bonds is 21. The Balaban J connectivity index is 1.58. The molecule has 0 aromatic heterocycles. The maximum Gasteiger partial charge on any atom is 0.124 e. The lowest BCUT2D eigenvalue weighted by molar-refractivity contribution is 0.169. The van der Waals surface area contributed by atoms with Crippen molar-refractivity contribution in [2.24, 2.45) is 0 Å². The van der Waals surface area contributed by atoms with E-state index >= 15 is 0 Å². The van der Waals surface area contributed by atoms with E-state index in [1.54, 1.807) is 0 Å². The zero-order chi connectivity index (χ0) is 42.0. The minimum atomic E-state index is -0.493. The number of phenolic OH excluding ortho intramolecular Hbond substituents is 3. The molecule has 0 bridgehead atoms. The highest BCUT2D eigenvalue weighted by molar-refractivity contribution is 5.45. The Morgan fingerprint density at radius 3 is 1.16 bits per heavy atom. The summed E-state index contributed by atoms with van der Waals surface area (Å²) in [6.45, 7) is 9.49. The second kappa shape index (κ2) is 24.6. The summed E-state index contributed by atoms with van der Waals surface area (Å²) >= 11 is 0. The number of hydrogen-bond donors (Lipinski definition) is 12. The van der Waals surface area contributed by atoms with Gasteiger partial charge in [-0.25, -0.2) is 0 Å². The van der Waals surface area contributed by atoms with E-state index in [2.05, 4.69) is 30.7 Å². The number of benzene rings is 3. The Labute approximate surface area is 343 Å². The fourth-order valence-corrected chi connectivity index (χ4v) is 7.47. The molecule has 0 aliphatic carbocycles. The Hall–Kier alpha value is -3.42. The van der Waals surface area contributed by atoms with Gasteiger partial charge in [-0.05, 0) is 52.9 Å². The Morgan fingerprint density at radius 1 is 0.448 bits per heavy atom. The number of phenols is 3. The van der Waals surface area contributed by atoms with Gasteiger partial charge in [0.15, 0.2) is 0 Å². The van der Waals surface area contributed by atoms with Gasteiger partial charge in [0, 0.05) is 85.7 Å². The van der Waals surface area contributed by atoms with E-state index in [1.165, 1.54) is 0 Å². The predicted octanol–water partition coefficient (Wildman–Crippen LogP) is 0.349. The summed E-state index contributed by atoms with van der Waals surface area (Å²) in [5.41, 5.74) is 6.43. The first-order valence-electron chi connectivity index (χ1n) is 20.5. The van der Waals surface area contributed by atoms with Crippen molar-refractivity contribution in [1.29, 1.82) is 0 Å². The van der Waals surface area contributed by atoms with E-state index < -0.39 is 18.1 Å². The van der Waals surface area contributed by atoms with Crippen LogP contribution in [0.2, 0.25) is 0 Å². The SMILES string of the molecule is Cc1cc(CNC(CO)CO)c(O)c(CN2CCCN(Cc3cccc(CNC(CO)CO)c3O)CCN(Cc3cc(C)cc(CNC(CO)CO)c3O)CCC2)c1. The summed E-state index contributed by atoms with van der Waals surface area (Å²) in [7, 11) is 0. The van der Waals surface area contributed by atoms with Crippen LogP contribution in [0.4, 0.5) is 0 Å². The molecular weight excluding hydrogens is 745 g/mol. The zero-order valence-corrected chi connectivity index (χ0v) is 34.3. The molecule has 0 saturated carbocycles. The van der Waals surface area contributed by atoms with E-state index in [9.17, 15) is 46.0 Å². The molecule has 0 amide bonds. The van der Waals surface area contributed by atoms with Gasteiger partial charge < -0.3 is 61.9 Å². The number of aliphatic hydroxyl groups excluding tert-OH is 6. The molecule has 58 heavy (non-hydrogen) atoms. The van der Waals surface area contributed by atoms with E-state index in [-0.39, 0.29) is 56.9 Å². The lowest BCUT2D eigenvalue weighted by atomic mass is 10.0. The van der Waals surface area contributed by atoms with Crippen LogP contribution in [0.5, 0.6) is 17.2 Å². The highest BCUT2D eigenvalue weighted by Crippen LogP contribution is 2.29. The van der Waals surface area contributed by atoms with Crippen LogP contribution in [0.3, 0.4) is 0 Å². The standard InChI is InChI=1S/C43H68N6O9/c1-30-14-34(19-45-39(26-52)27-53)42(57)36(16-30)22-47-8-4-10-48(21-33-7-3-6-32(41(33)56)18-44-38(24-50)25-51)12-13-49(11-5-9-47)23-37-17-31(2)15-35(43(37)58)20-46-40(28-54)29-55/h3,6-7,14-17,38-40,44-46,50-58H,4-5,8-13,18-29H2,1-2H3. The van der Waals surface area contributed by atoms with Gasteiger partial charge in [0.2, 0.25) is 0 Å². The second-order valence-electron chi connectivity index (χ2n) is 15.7. The zero-order valence-electron chi connectivity index (χ0n) is 34.3. The molecule has 1 aliphatic heterocycles. The minimum absolute atomic E-state index is 0.178. The van der Waals surface area contributed by atoms with Crippen LogP contribution in [0.1, 0.15) is 57.3 Å². The van der Waals surface area contributed by atoms with Crippen LogP contribution >= 0.6 is 0 Å². The molecule has 1 aliphatic rings. The molecule has 3 aromatic rings. The molecule has 15 nitrogen and oxygen atoms in total. The van der Waals surface area contributed by atoms with Crippen molar-refractivity contribution in [3.8, 4) is 17.2 Å². The molecule has 0 atom stereocenters. The van der Waals surface area contributed by atoms with Crippen molar-refractivity contribution in [2.75, 3.05) is 78.9 Å². The number of nitrogens with one attached hydrogen (secondary N) is 3. The lowest BCUT2D eigenvalue weighted by Crippen LogP contribution is -2.36. The lowest BCUT2D eigenvalue weighted by Gasteiger charge is -2.28. The summed E-state index contributed by atoms with van der Waals surface area (Å²) in [6, 6.07) is 12.0. The molecule has 0 spiro atoms. The van der Waals surface area contributed by atoms with Gasteiger partial charge in [0.05, 0.1) is 57.8 Å². The highest BCUT2D eigenvalue weighted by atomic mass is 16.3.